The van der Waals surface area contributed by atoms with Crippen LogP contribution in [0, 0.1) is 11.8 Å². The van der Waals surface area contributed by atoms with Gasteiger partial charge in [-0.25, -0.2) is 0 Å². The van der Waals surface area contributed by atoms with Crippen LogP contribution < -0.4 is 5.32 Å². The third-order valence-corrected chi connectivity index (χ3v) is 6.43. The van der Waals surface area contributed by atoms with Crippen LogP contribution in [-0.4, -0.2) is 42.1 Å². The zero-order valence-corrected chi connectivity index (χ0v) is 16.9. The standard InChI is InChI=1S/C20H24Cl2N2O3/c1-24-17(13-6-2-3-7-13)16(18(25)20(24)27)19(26)23-10-4-5-12-8-9-14(21)15(22)11-12/h8-9,11,13,16-17H,2-7,10H2,1H3,(H,23,26). The van der Waals surface area contributed by atoms with Crippen molar-refractivity contribution in [3.63, 3.8) is 0 Å². The van der Waals surface area contributed by atoms with Crippen molar-refractivity contribution in [2.45, 2.75) is 44.6 Å². The number of amides is 2. The molecule has 2 unspecified atom stereocenters. The predicted molar refractivity (Wildman–Crippen MR) is 105 cm³/mol. The summed E-state index contributed by atoms with van der Waals surface area (Å²) in [6, 6.07) is 5.17. The number of Topliss-reactive ketones (excluding diaryl/α,β-unsaturated/α-hetero) is 1. The Labute approximate surface area is 169 Å². The Bertz CT molecular complexity index is 747. The molecule has 2 aliphatic rings. The van der Waals surface area contributed by atoms with Crippen molar-refractivity contribution in [2.75, 3.05) is 13.6 Å². The summed E-state index contributed by atoms with van der Waals surface area (Å²) in [5, 5.41) is 3.87. The fourth-order valence-electron chi connectivity index (χ4n) is 4.29. The highest BCUT2D eigenvalue weighted by Crippen LogP contribution is 2.37. The fraction of sp³-hybridized carbons (Fsp3) is 0.550. The Hall–Kier alpha value is -1.59. The van der Waals surface area contributed by atoms with Crippen LogP contribution >= 0.6 is 23.2 Å². The van der Waals surface area contributed by atoms with Gasteiger partial charge in [0.1, 0.15) is 5.92 Å². The van der Waals surface area contributed by atoms with Crippen LogP contribution in [0.15, 0.2) is 18.2 Å². The first-order valence-corrected chi connectivity index (χ1v) is 10.2. The molecule has 1 aromatic rings. The quantitative estimate of drug-likeness (QED) is 0.444. The van der Waals surface area contributed by atoms with E-state index in [0.717, 1.165) is 37.7 Å². The van der Waals surface area contributed by atoms with Gasteiger partial charge in [-0.05, 0) is 49.3 Å². The van der Waals surface area contributed by atoms with Gasteiger partial charge in [0.2, 0.25) is 11.7 Å². The van der Waals surface area contributed by atoms with E-state index in [1.165, 1.54) is 4.90 Å². The van der Waals surface area contributed by atoms with Gasteiger partial charge in [-0.2, -0.15) is 0 Å². The first-order valence-electron chi connectivity index (χ1n) is 9.43. The van der Waals surface area contributed by atoms with Crippen LogP contribution in [0.25, 0.3) is 0 Å². The van der Waals surface area contributed by atoms with E-state index < -0.39 is 17.6 Å². The van der Waals surface area contributed by atoms with Crippen LogP contribution in [-0.2, 0) is 20.8 Å². The van der Waals surface area contributed by atoms with E-state index in [4.69, 9.17) is 23.2 Å². The number of ketones is 1. The van der Waals surface area contributed by atoms with Crippen molar-refractivity contribution in [3.8, 4) is 0 Å². The molecule has 0 bridgehead atoms. The summed E-state index contributed by atoms with van der Waals surface area (Å²) < 4.78 is 0. The molecular weight excluding hydrogens is 387 g/mol. The number of hydrogen-bond acceptors (Lipinski definition) is 3. The number of rotatable bonds is 6. The number of benzene rings is 1. The third-order valence-electron chi connectivity index (χ3n) is 5.69. The van der Waals surface area contributed by atoms with Crippen molar-refractivity contribution in [2.24, 2.45) is 11.8 Å². The van der Waals surface area contributed by atoms with Crippen LogP contribution in [0.4, 0.5) is 0 Å². The minimum absolute atomic E-state index is 0.234. The zero-order valence-electron chi connectivity index (χ0n) is 15.3. The molecule has 2 amide bonds. The second-order valence-electron chi connectivity index (χ2n) is 7.44. The van der Waals surface area contributed by atoms with E-state index in [1.807, 2.05) is 12.1 Å². The summed E-state index contributed by atoms with van der Waals surface area (Å²) in [5.74, 6) is -2.09. The van der Waals surface area contributed by atoms with Crippen LogP contribution in [0.3, 0.4) is 0 Å². The summed E-state index contributed by atoms with van der Waals surface area (Å²) >= 11 is 11.9. The molecule has 146 valence electrons. The van der Waals surface area contributed by atoms with Gasteiger partial charge in [0.15, 0.2) is 0 Å². The molecule has 2 fully saturated rings. The number of likely N-dealkylation sites (N-methyl/N-ethyl adjacent to an activating group) is 1. The molecule has 7 heteroatoms. The van der Waals surface area contributed by atoms with Gasteiger partial charge < -0.3 is 10.2 Å². The number of likely N-dealkylation sites (tertiary alicyclic amines) is 1. The van der Waals surface area contributed by atoms with Crippen molar-refractivity contribution < 1.29 is 14.4 Å². The molecule has 3 rings (SSSR count). The molecule has 1 aliphatic heterocycles. The summed E-state index contributed by atoms with van der Waals surface area (Å²) in [7, 11) is 1.64. The van der Waals surface area contributed by atoms with Crippen molar-refractivity contribution in [3.05, 3.63) is 33.8 Å². The average molecular weight is 411 g/mol. The van der Waals surface area contributed by atoms with Gasteiger partial charge in [0.05, 0.1) is 16.1 Å². The van der Waals surface area contributed by atoms with E-state index >= 15 is 0 Å². The van der Waals surface area contributed by atoms with Gasteiger partial charge in [-0.15, -0.1) is 0 Å². The monoisotopic (exact) mass is 410 g/mol. The Morgan fingerprint density at radius 1 is 1.19 bits per heavy atom. The molecule has 5 nitrogen and oxygen atoms in total. The number of nitrogens with one attached hydrogen (secondary N) is 1. The minimum Gasteiger partial charge on any atom is -0.355 e. The second kappa shape index (κ2) is 8.61. The summed E-state index contributed by atoms with van der Waals surface area (Å²) in [4.78, 5) is 38.7. The molecule has 0 aromatic heterocycles. The van der Waals surface area contributed by atoms with Gasteiger partial charge in [0, 0.05) is 13.6 Å². The van der Waals surface area contributed by atoms with Gasteiger partial charge >= 0.3 is 0 Å². The van der Waals surface area contributed by atoms with E-state index in [-0.39, 0.29) is 17.9 Å². The Balaban J connectivity index is 1.56. The van der Waals surface area contributed by atoms with E-state index in [9.17, 15) is 14.4 Å². The van der Waals surface area contributed by atoms with E-state index in [1.54, 1.807) is 13.1 Å². The fourth-order valence-corrected chi connectivity index (χ4v) is 4.61. The van der Waals surface area contributed by atoms with Crippen LogP contribution in [0.2, 0.25) is 10.0 Å². The summed E-state index contributed by atoms with van der Waals surface area (Å²) in [6.45, 7) is 0.443. The smallest absolute Gasteiger partial charge is 0.290 e. The molecule has 2 atom stereocenters. The SMILES string of the molecule is CN1C(=O)C(=O)C(C(=O)NCCCc2ccc(Cl)c(Cl)c2)C1C1CCCC1. The van der Waals surface area contributed by atoms with Gasteiger partial charge in [-0.3, -0.25) is 14.4 Å². The third kappa shape index (κ3) is 4.30. The number of carbonyl (C=O) groups is 3. The molecule has 1 aliphatic carbocycles. The maximum Gasteiger partial charge on any atom is 0.290 e. The normalized spacial score (nSPS) is 23.3. The highest BCUT2D eigenvalue weighted by atomic mass is 35.5. The Morgan fingerprint density at radius 2 is 1.89 bits per heavy atom. The molecular formula is C20H24Cl2N2O3. The van der Waals surface area contributed by atoms with Gasteiger partial charge in [0.25, 0.3) is 5.91 Å². The minimum atomic E-state index is -0.879. The summed E-state index contributed by atoms with van der Waals surface area (Å²) in [5.41, 5.74) is 1.04. The molecule has 1 saturated carbocycles. The molecule has 1 saturated heterocycles. The molecule has 1 heterocycles. The largest absolute Gasteiger partial charge is 0.355 e. The zero-order chi connectivity index (χ0) is 19.6. The predicted octanol–water partition coefficient (Wildman–Crippen LogP) is 3.26. The van der Waals surface area contributed by atoms with E-state index in [0.29, 0.717) is 23.0 Å². The summed E-state index contributed by atoms with van der Waals surface area (Å²) in [6.07, 6.45) is 5.57. The lowest BCUT2D eigenvalue weighted by molar-refractivity contribution is -0.142. The molecule has 0 spiro atoms. The van der Waals surface area contributed by atoms with Gasteiger partial charge in [-0.1, -0.05) is 42.1 Å². The lowest BCUT2D eigenvalue weighted by Crippen LogP contribution is -2.44. The highest BCUT2D eigenvalue weighted by molar-refractivity contribution is 6.43. The van der Waals surface area contributed by atoms with Crippen molar-refractivity contribution in [1.29, 1.82) is 0 Å². The van der Waals surface area contributed by atoms with Crippen LogP contribution in [0.1, 0.15) is 37.7 Å². The topological polar surface area (TPSA) is 66.5 Å². The molecule has 1 N–H and O–H groups in total. The molecule has 27 heavy (non-hydrogen) atoms. The Kier molecular flexibility index (Phi) is 6.43. The van der Waals surface area contributed by atoms with E-state index in [2.05, 4.69) is 5.32 Å². The highest BCUT2D eigenvalue weighted by Gasteiger charge is 2.52. The lowest BCUT2D eigenvalue weighted by atomic mass is 9.86. The molecule has 1 aromatic carbocycles. The average Bonchev–Trinajstić information content (AvgIpc) is 3.24. The second-order valence-corrected chi connectivity index (χ2v) is 8.25. The molecule has 0 radical (unpaired) electrons. The maximum absolute atomic E-state index is 12.7. The van der Waals surface area contributed by atoms with Crippen molar-refractivity contribution >= 4 is 40.8 Å². The van der Waals surface area contributed by atoms with Crippen LogP contribution in [0.5, 0.6) is 0 Å². The number of aryl methyl sites for hydroxylation is 1. The number of carbonyl (C=O) groups excluding carboxylic acids is 3. The lowest BCUT2D eigenvalue weighted by Gasteiger charge is -2.28. The number of hydrogen-bond donors (Lipinski definition) is 1. The first kappa shape index (κ1) is 20.2. The number of halogens is 2. The Morgan fingerprint density at radius 3 is 2.56 bits per heavy atom. The van der Waals surface area contributed by atoms with Crippen molar-refractivity contribution in [1.82, 2.24) is 10.2 Å². The maximum atomic E-state index is 12.7. The number of nitrogens with zero attached hydrogens (tertiary/aromatic N) is 1. The first-order chi connectivity index (χ1) is 12.9.